The second kappa shape index (κ2) is 12.7. The number of rotatable bonds is 11. The van der Waals surface area contributed by atoms with Crippen LogP contribution in [0.15, 0.2) is 59.7 Å². The number of amides is 2. The molecule has 0 bridgehead atoms. The Morgan fingerprint density at radius 1 is 1.00 bits per heavy atom. The number of benzene rings is 2. The number of nitrogens with zero attached hydrogens (tertiary/aromatic N) is 1. The average Bonchev–Trinajstić information content (AvgIpc) is 2.76. The number of carboxylic acid groups (broad SMARTS) is 1. The maximum absolute atomic E-state index is 12.3. The molecule has 0 heterocycles. The molecule has 2 amide bonds. The number of nitrogens with one attached hydrogen (secondary N) is 2. The van der Waals surface area contributed by atoms with E-state index < -0.39 is 11.9 Å². The summed E-state index contributed by atoms with van der Waals surface area (Å²) in [6.45, 7) is 2.12. The van der Waals surface area contributed by atoms with E-state index in [2.05, 4.69) is 22.8 Å². The van der Waals surface area contributed by atoms with E-state index in [0.29, 0.717) is 17.7 Å². The van der Waals surface area contributed by atoms with Crippen molar-refractivity contribution in [3.8, 4) is 0 Å². The quantitative estimate of drug-likeness (QED) is 0.215. The largest absolute Gasteiger partial charge is 0.478 e. The third kappa shape index (κ3) is 9.08. The maximum Gasteiger partial charge on any atom is 0.328 e. The molecule has 0 aliphatic rings. The lowest BCUT2D eigenvalue weighted by atomic mass is 10.1. The first-order valence-electron chi connectivity index (χ1n) is 10.2. The number of hydrogen-bond acceptors (Lipinski definition) is 4. The van der Waals surface area contributed by atoms with E-state index in [9.17, 15) is 14.4 Å². The Hall–Kier alpha value is -3.74. The van der Waals surface area contributed by atoms with Gasteiger partial charge in [-0.2, -0.15) is 5.10 Å². The average molecular weight is 421 g/mol. The van der Waals surface area contributed by atoms with Gasteiger partial charge >= 0.3 is 5.97 Å². The second-order valence-electron chi connectivity index (χ2n) is 6.98. The van der Waals surface area contributed by atoms with E-state index in [1.807, 2.05) is 0 Å². The van der Waals surface area contributed by atoms with Crippen molar-refractivity contribution in [2.75, 3.05) is 5.32 Å². The SMILES string of the molecule is CCCCCCC(=O)Nc1cccc(C(=O)NN=Cc2ccc(C=CC(=O)O)cc2)c1. The molecule has 0 atom stereocenters. The minimum atomic E-state index is -1.01. The topological polar surface area (TPSA) is 108 Å². The van der Waals surface area contributed by atoms with Crippen LogP contribution in [0.4, 0.5) is 5.69 Å². The highest BCUT2D eigenvalue weighted by Gasteiger charge is 2.07. The minimum absolute atomic E-state index is 0.0617. The molecular weight excluding hydrogens is 394 g/mol. The summed E-state index contributed by atoms with van der Waals surface area (Å²) in [5.41, 5.74) is 4.90. The van der Waals surface area contributed by atoms with Crippen LogP contribution in [0.3, 0.4) is 0 Å². The molecular formula is C24H27N3O4. The van der Waals surface area contributed by atoms with Gasteiger partial charge in [0, 0.05) is 23.7 Å². The van der Waals surface area contributed by atoms with Crippen LogP contribution in [0.1, 0.15) is 60.5 Å². The van der Waals surface area contributed by atoms with E-state index >= 15 is 0 Å². The van der Waals surface area contributed by atoms with Gasteiger partial charge in [-0.15, -0.1) is 0 Å². The second-order valence-corrected chi connectivity index (χ2v) is 6.98. The highest BCUT2D eigenvalue weighted by molar-refractivity contribution is 5.97. The molecule has 0 saturated heterocycles. The van der Waals surface area contributed by atoms with Crippen LogP contribution >= 0.6 is 0 Å². The fraction of sp³-hybridized carbons (Fsp3) is 0.250. The van der Waals surface area contributed by atoms with Crippen LogP contribution in [0.5, 0.6) is 0 Å². The summed E-state index contributed by atoms with van der Waals surface area (Å²) in [6.07, 6.45) is 8.63. The molecule has 0 aliphatic carbocycles. The van der Waals surface area contributed by atoms with Crippen molar-refractivity contribution in [1.82, 2.24) is 5.43 Å². The zero-order valence-electron chi connectivity index (χ0n) is 17.5. The standard InChI is InChI=1S/C24H27N3O4/c1-2-3-4-5-9-22(28)26-21-8-6-7-20(16-21)24(31)27-25-17-19-12-10-18(11-13-19)14-15-23(29)30/h6-8,10-17H,2-5,9H2,1H3,(H,26,28)(H,27,31)(H,29,30). The molecule has 0 unspecified atom stereocenters. The van der Waals surface area contributed by atoms with Crippen LogP contribution < -0.4 is 10.7 Å². The van der Waals surface area contributed by atoms with Crippen molar-refractivity contribution in [1.29, 1.82) is 0 Å². The molecule has 2 aromatic carbocycles. The Balaban J connectivity index is 1.87. The molecule has 31 heavy (non-hydrogen) atoms. The van der Waals surface area contributed by atoms with E-state index in [4.69, 9.17) is 5.11 Å². The Morgan fingerprint density at radius 2 is 1.74 bits per heavy atom. The van der Waals surface area contributed by atoms with Crippen molar-refractivity contribution < 1.29 is 19.5 Å². The summed E-state index contributed by atoms with van der Waals surface area (Å²) >= 11 is 0. The number of hydrazone groups is 1. The predicted octanol–water partition coefficient (Wildman–Crippen LogP) is 4.46. The van der Waals surface area contributed by atoms with Crippen LogP contribution in [0.25, 0.3) is 6.08 Å². The Kier molecular flexibility index (Phi) is 9.68. The third-order valence-corrected chi connectivity index (χ3v) is 4.40. The molecule has 0 aromatic heterocycles. The van der Waals surface area contributed by atoms with Crippen LogP contribution in [0.2, 0.25) is 0 Å². The first-order valence-corrected chi connectivity index (χ1v) is 10.2. The Morgan fingerprint density at radius 3 is 2.45 bits per heavy atom. The van der Waals surface area contributed by atoms with Gasteiger partial charge in [0.2, 0.25) is 5.91 Å². The van der Waals surface area contributed by atoms with Crippen molar-refractivity contribution in [3.63, 3.8) is 0 Å². The zero-order chi connectivity index (χ0) is 22.5. The molecule has 0 fully saturated rings. The Bertz CT molecular complexity index is 950. The Labute approximate surface area is 181 Å². The normalized spacial score (nSPS) is 11.0. The first-order chi connectivity index (χ1) is 15.0. The van der Waals surface area contributed by atoms with Crippen molar-refractivity contribution in [2.24, 2.45) is 5.10 Å². The highest BCUT2D eigenvalue weighted by Crippen LogP contribution is 2.12. The molecule has 7 heteroatoms. The van der Waals surface area contributed by atoms with Crippen molar-refractivity contribution in [2.45, 2.75) is 39.0 Å². The van der Waals surface area contributed by atoms with Gasteiger partial charge in [-0.3, -0.25) is 9.59 Å². The number of carbonyl (C=O) groups excluding carboxylic acids is 2. The van der Waals surface area contributed by atoms with E-state index in [1.54, 1.807) is 48.5 Å². The minimum Gasteiger partial charge on any atom is -0.478 e. The number of anilines is 1. The number of aliphatic carboxylic acids is 1. The number of carbonyl (C=O) groups is 3. The van der Waals surface area contributed by atoms with Gasteiger partial charge in [-0.05, 0) is 41.8 Å². The first kappa shape index (κ1) is 23.5. The molecule has 0 aliphatic heterocycles. The summed E-state index contributed by atoms with van der Waals surface area (Å²) in [6, 6.07) is 13.7. The number of unbranched alkanes of at least 4 members (excludes halogenated alkanes) is 3. The summed E-state index contributed by atoms with van der Waals surface area (Å²) in [7, 11) is 0. The zero-order valence-corrected chi connectivity index (χ0v) is 17.5. The molecule has 0 radical (unpaired) electrons. The van der Waals surface area contributed by atoms with Gasteiger partial charge in [-0.1, -0.05) is 56.5 Å². The van der Waals surface area contributed by atoms with Gasteiger partial charge in [0.25, 0.3) is 5.91 Å². The lowest BCUT2D eigenvalue weighted by Gasteiger charge is -2.07. The van der Waals surface area contributed by atoms with E-state index in [0.717, 1.165) is 42.9 Å². The van der Waals surface area contributed by atoms with Gasteiger partial charge in [0.1, 0.15) is 0 Å². The van der Waals surface area contributed by atoms with Gasteiger partial charge in [0.15, 0.2) is 0 Å². The predicted molar refractivity (Wildman–Crippen MR) is 122 cm³/mol. The van der Waals surface area contributed by atoms with Crippen LogP contribution in [0, 0.1) is 0 Å². The van der Waals surface area contributed by atoms with Gasteiger partial charge in [-0.25, -0.2) is 10.2 Å². The molecule has 162 valence electrons. The molecule has 3 N–H and O–H groups in total. The summed E-state index contributed by atoms with van der Waals surface area (Å²) in [5, 5.41) is 15.4. The van der Waals surface area contributed by atoms with E-state index in [-0.39, 0.29) is 5.91 Å². The molecule has 2 aromatic rings. The maximum atomic E-state index is 12.3. The van der Waals surface area contributed by atoms with E-state index in [1.165, 1.54) is 12.3 Å². The lowest BCUT2D eigenvalue weighted by molar-refractivity contribution is -0.131. The number of hydrogen-bond donors (Lipinski definition) is 3. The number of carboxylic acids is 1. The molecule has 2 rings (SSSR count). The summed E-state index contributed by atoms with van der Waals surface area (Å²) in [4.78, 5) is 34.9. The lowest BCUT2D eigenvalue weighted by Crippen LogP contribution is -2.18. The molecule has 7 nitrogen and oxygen atoms in total. The van der Waals surface area contributed by atoms with Gasteiger partial charge < -0.3 is 10.4 Å². The monoisotopic (exact) mass is 421 g/mol. The van der Waals surface area contributed by atoms with Crippen LogP contribution in [-0.2, 0) is 9.59 Å². The van der Waals surface area contributed by atoms with Crippen LogP contribution in [-0.4, -0.2) is 29.1 Å². The molecule has 0 saturated carbocycles. The van der Waals surface area contributed by atoms with Gasteiger partial charge in [0.05, 0.1) is 6.21 Å². The summed E-state index contributed by atoms with van der Waals surface area (Å²) in [5.74, 6) is -1.46. The smallest absolute Gasteiger partial charge is 0.328 e. The summed E-state index contributed by atoms with van der Waals surface area (Å²) < 4.78 is 0. The van der Waals surface area contributed by atoms with Crippen molar-refractivity contribution >= 4 is 35.8 Å². The highest BCUT2D eigenvalue weighted by atomic mass is 16.4. The fourth-order valence-electron chi connectivity index (χ4n) is 2.76. The fourth-order valence-corrected chi connectivity index (χ4v) is 2.76. The van der Waals surface area contributed by atoms with Crippen molar-refractivity contribution in [3.05, 3.63) is 71.3 Å². The third-order valence-electron chi connectivity index (χ3n) is 4.40. The molecule has 0 spiro atoms.